The Balaban J connectivity index is 1.95. The van der Waals surface area contributed by atoms with Crippen LogP contribution >= 0.6 is 0 Å². The largest absolute Gasteiger partial charge is 0.490 e. The van der Waals surface area contributed by atoms with E-state index in [1.54, 1.807) is 24.7 Å². The van der Waals surface area contributed by atoms with Gasteiger partial charge in [-0.25, -0.2) is 4.39 Å². The summed E-state index contributed by atoms with van der Waals surface area (Å²) < 4.78 is 20.7. The number of hydrogen-bond acceptors (Lipinski definition) is 4. The van der Waals surface area contributed by atoms with Crippen LogP contribution in [0, 0.1) is 12.7 Å². The summed E-state index contributed by atoms with van der Waals surface area (Å²) in [5.41, 5.74) is 5.36. The predicted octanol–water partition coefficient (Wildman–Crippen LogP) is 4.34. The van der Waals surface area contributed by atoms with E-state index in [4.69, 9.17) is 4.74 Å². The average Bonchev–Trinajstić information content (AvgIpc) is 3.09. The molecule has 0 saturated carbocycles. The highest BCUT2D eigenvalue weighted by atomic mass is 19.1. The van der Waals surface area contributed by atoms with E-state index in [2.05, 4.69) is 20.3 Å². The molecule has 5 nitrogen and oxygen atoms in total. The number of halogens is 1. The number of likely N-dealkylation sites (N-methyl/N-ethyl adjacent to an activating group) is 1. The first-order chi connectivity index (χ1) is 13.7. The van der Waals surface area contributed by atoms with Crippen molar-refractivity contribution < 1.29 is 9.13 Å². The molecule has 0 radical (unpaired) electrons. The number of benzene rings is 1. The van der Waals surface area contributed by atoms with Gasteiger partial charge in [-0.3, -0.25) is 9.97 Å². The quantitative estimate of drug-likeness (QED) is 0.492. The smallest absolute Gasteiger partial charge is 0.146 e. The fraction of sp³-hybridized carbons (Fsp3) is 0.182. The molecule has 142 valence electrons. The van der Waals surface area contributed by atoms with Crippen LogP contribution in [0.2, 0.25) is 0 Å². The average molecular weight is 376 g/mol. The molecule has 4 aromatic rings. The Labute approximate surface area is 162 Å². The van der Waals surface area contributed by atoms with E-state index in [0.717, 1.165) is 33.4 Å². The van der Waals surface area contributed by atoms with Crippen molar-refractivity contribution in [1.82, 2.24) is 20.3 Å². The van der Waals surface area contributed by atoms with Gasteiger partial charge in [-0.1, -0.05) is 11.6 Å². The summed E-state index contributed by atoms with van der Waals surface area (Å²) in [4.78, 5) is 12.1. The molecule has 0 bridgehead atoms. The number of aromatic amines is 1. The number of aromatic nitrogens is 3. The first-order valence-corrected chi connectivity index (χ1v) is 9.14. The van der Waals surface area contributed by atoms with Gasteiger partial charge >= 0.3 is 0 Å². The second kappa shape index (κ2) is 7.78. The van der Waals surface area contributed by atoms with Crippen LogP contribution < -0.4 is 10.1 Å². The molecule has 0 aliphatic heterocycles. The number of ether oxygens (including phenoxy) is 1. The molecule has 0 aliphatic carbocycles. The topological polar surface area (TPSA) is 62.8 Å². The van der Waals surface area contributed by atoms with Gasteiger partial charge in [0.2, 0.25) is 0 Å². The number of aryl methyl sites for hydroxylation is 1. The SMILES string of the molecule is CNCCOc1cnccc1-c1[nH]c2cccnc2c1-c1cc(C)ccc1F. The van der Waals surface area contributed by atoms with Gasteiger partial charge in [-0.2, -0.15) is 0 Å². The maximum absolute atomic E-state index is 14.8. The van der Waals surface area contributed by atoms with E-state index in [-0.39, 0.29) is 5.82 Å². The predicted molar refractivity (Wildman–Crippen MR) is 109 cm³/mol. The van der Waals surface area contributed by atoms with Gasteiger partial charge in [0.15, 0.2) is 0 Å². The number of pyridine rings is 2. The minimum absolute atomic E-state index is 0.287. The zero-order valence-corrected chi connectivity index (χ0v) is 15.8. The lowest BCUT2D eigenvalue weighted by molar-refractivity contribution is 0.318. The third-order valence-corrected chi connectivity index (χ3v) is 4.61. The summed E-state index contributed by atoms with van der Waals surface area (Å²) in [5, 5.41) is 3.06. The third kappa shape index (κ3) is 3.34. The van der Waals surface area contributed by atoms with E-state index in [0.29, 0.717) is 24.5 Å². The van der Waals surface area contributed by atoms with Gasteiger partial charge < -0.3 is 15.0 Å². The van der Waals surface area contributed by atoms with Crippen molar-refractivity contribution in [2.75, 3.05) is 20.2 Å². The van der Waals surface area contributed by atoms with Gasteiger partial charge in [0.1, 0.15) is 18.2 Å². The Hall–Kier alpha value is -3.25. The first kappa shape index (κ1) is 18.1. The van der Waals surface area contributed by atoms with E-state index in [9.17, 15) is 4.39 Å². The molecule has 0 saturated heterocycles. The highest BCUT2D eigenvalue weighted by Gasteiger charge is 2.21. The van der Waals surface area contributed by atoms with Crippen molar-refractivity contribution in [2.24, 2.45) is 0 Å². The molecule has 4 rings (SSSR count). The fourth-order valence-corrected chi connectivity index (χ4v) is 3.28. The molecular formula is C22H21FN4O. The fourth-order valence-electron chi connectivity index (χ4n) is 3.28. The molecular weight excluding hydrogens is 355 g/mol. The van der Waals surface area contributed by atoms with Gasteiger partial charge in [0, 0.05) is 35.6 Å². The van der Waals surface area contributed by atoms with Crippen LogP contribution in [0.3, 0.4) is 0 Å². The summed E-state index contributed by atoms with van der Waals surface area (Å²) >= 11 is 0. The first-order valence-electron chi connectivity index (χ1n) is 9.14. The maximum Gasteiger partial charge on any atom is 0.146 e. The lowest BCUT2D eigenvalue weighted by Crippen LogP contribution is -2.16. The van der Waals surface area contributed by atoms with E-state index in [1.165, 1.54) is 6.07 Å². The molecule has 28 heavy (non-hydrogen) atoms. The lowest BCUT2D eigenvalue weighted by atomic mass is 9.98. The number of hydrogen-bond donors (Lipinski definition) is 2. The standard InChI is InChI=1S/C22H21FN4O/c1-14-5-6-17(23)16(12-14)20-21(27-18-4-3-8-26-22(18)20)15-7-9-25-13-19(15)28-11-10-24-2/h3-9,12-13,24,27H,10-11H2,1-2H3. The number of fused-ring (bicyclic) bond motifs is 1. The normalized spacial score (nSPS) is 11.1. The molecule has 0 unspecified atom stereocenters. The Kier molecular flexibility index (Phi) is 5.04. The van der Waals surface area contributed by atoms with Crippen LogP contribution in [0.15, 0.2) is 55.0 Å². The van der Waals surface area contributed by atoms with Gasteiger partial charge in [-0.15, -0.1) is 0 Å². The summed E-state index contributed by atoms with van der Waals surface area (Å²) in [6.45, 7) is 3.16. The zero-order chi connectivity index (χ0) is 19.5. The van der Waals surface area contributed by atoms with Crippen LogP contribution in [-0.4, -0.2) is 35.2 Å². The minimum atomic E-state index is -0.287. The minimum Gasteiger partial charge on any atom is -0.490 e. The van der Waals surface area contributed by atoms with E-state index >= 15 is 0 Å². The van der Waals surface area contributed by atoms with Crippen molar-refractivity contribution in [3.63, 3.8) is 0 Å². The molecule has 6 heteroatoms. The van der Waals surface area contributed by atoms with Crippen molar-refractivity contribution in [2.45, 2.75) is 6.92 Å². The van der Waals surface area contributed by atoms with Gasteiger partial charge in [0.05, 0.1) is 22.9 Å². The van der Waals surface area contributed by atoms with Crippen molar-refractivity contribution in [3.8, 4) is 28.1 Å². The molecule has 2 N–H and O–H groups in total. The van der Waals surface area contributed by atoms with Crippen LogP contribution in [0.1, 0.15) is 5.56 Å². The molecule has 3 aromatic heterocycles. The monoisotopic (exact) mass is 376 g/mol. The van der Waals surface area contributed by atoms with E-state index < -0.39 is 0 Å². The second-order valence-electron chi connectivity index (χ2n) is 6.58. The number of nitrogens with zero attached hydrogens (tertiary/aromatic N) is 2. The van der Waals surface area contributed by atoms with Crippen LogP contribution in [0.5, 0.6) is 5.75 Å². The molecule has 0 fully saturated rings. The van der Waals surface area contributed by atoms with E-state index in [1.807, 2.05) is 38.2 Å². The molecule has 0 atom stereocenters. The highest BCUT2D eigenvalue weighted by Crippen LogP contribution is 2.41. The Morgan fingerprint density at radius 3 is 2.89 bits per heavy atom. The Bertz CT molecular complexity index is 1120. The maximum atomic E-state index is 14.8. The summed E-state index contributed by atoms with van der Waals surface area (Å²) in [6, 6.07) is 10.8. The highest BCUT2D eigenvalue weighted by molar-refractivity contribution is 6.02. The van der Waals surface area contributed by atoms with Crippen LogP contribution in [0.25, 0.3) is 33.4 Å². The number of nitrogens with one attached hydrogen (secondary N) is 2. The molecule has 0 spiro atoms. The molecule has 1 aromatic carbocycles. The summed E-state index contributed by atoms with van der Waals surface area (Å²) in [5.74, 6) is 0.351. The molecule has 0 aliphatic rings. The lowest BCUT2D eigenvalue weighted by Gasteiger charge is -2.12. The van der Waals surface area contributed by atoms with Gasteiger partial charge in [-0.05, 0) is 44.3 Å². The zero-order valence-electron chi connectivity index (χ0n) is 15.8. The van der Waals surface area contributed by atoms with Crippen LogP contribution in [-0.2, 0) is 0 Å². The number of rotatable bonds is 6. The summed E-state index contributed by atoms with van der Waals surface area (Å²) in [7, 11) is 1.87. The second-order valence-corrected chi connectivity index (χ2v) is 6.58. The number of H-pyrrole nitrogens is 1. The molecule has 3 heterocycles. The third-order valence-electron chi connectivity index (χ3n) is 4.61. The molecule has 0 amide bonds. The van der Waals surface area contributed by atoms with Crippen molar-refractivity contribution >= 4 is 11.0 Å². The van der Waals surface area contributed by atoms with Crippen molar-refractivity contribution in [3.05, 3.63) is 66.4 Å². The summed E-state index contributed by atoms with van der Waals surface area (Å²) in [6.07, 6.45) is 5.10. The Morgan fingerprint density at radius 1 is 1.14 bits per heavy atom. The Morgan fingerprint density at radius 2 is 2.04 bits per heavy atom. The van der Waals surface area contributed by atoms with Crippen molar-refractivity contribution in [1.29, 1.82) is 0 Å². The van der Waals surface area contributed by atoms with Crippen LogP contribution in [0.4, 0.5) is 4.39 Å². The van der Waals surface area contributed by atoms with Gasteiger partial charge in [0.25, 0.3) is 0 Å².